The van der Waals surface area contributed by atoms with Gasteiger partial charge in [0.1, 0.15) is 11.5 Å². The van der Waals surface area contributed by atoms with E-state index in [4.69, 9.17) is 9.47 Å². The molecule has 0 unspecified atom stereocenters. The van der Waals surface area contributed by atoms with Gasteiger partial charge in [-0.2, -0.15) is 0 Å². The van der Waals surface area contributed by atoms with Crippen LogP contribution in [-0.2, 0) is 4.79 Å². The quantitative estimate of drug-likeness (QED) is 0.461. The van der Waals surface area contributed by atoms with Crippen LogP contribution in [0.25, 0.3) is 10.6 Å². The van der Waals surface area contributed by atoms with Crippen molar-refractivity contribution in [3.8, 4) is 28.0 Å². The van der Waals surface area contributed by atoms with Gasteiger partial charge in [-0.05, 0) is 41.8 Å². The Bertz CT molecular complexity index is 1030. The number of nitrogens with one attached hydrogen (secondary N) is 1. The lowest BCUT2D eigenvalue weighted by Gasteiger charge is -2.07. The van der Waals surface area contributed by atoms with Crippen LogP contribution >= 0.6 is 22.7 Å². The minimum Gasteiger partial charge on any atom is -0.484 e. The highest BCUT2D eigenvalue weighted by Crippen LogP contribution is 2.28. The number of carbonyl (C=O) groups is 1. The van der Waals surface area contributed by atoms with Gasteiger partial charge in [0.25, 0.3) is 5.91 Å². The Morgan fingerprint density at radius 2 is 1.86 bits per heavy atom. The highest BCUT2D eigenvalue weighted by molar-refractivity contribution is 7.16. The van der Waals surface area contributed by atoms with Crippen LogP contribution in [0.2, 0.25) is 0 Å². The third kappa shape index (κ3) is 4.73. The second-order valence-electron chi connectivity index (χ2n) is 5.59. The summed E-state index contributed by atoms with van der Waals surface area (Å²) in [7, 11) is 0. The topological polar surface area (TPSA) is 73.3 Å². The van der Waals surface area contributed by atoms with Crippen LogP contribution in [-0.4, -0.2) is 22.5 Å². The Morgan fingerprint density at radius 1 is 1.00 bits per heavy atom. The van der Waals surface area contributed by atoms with Crippen LogP contribution in [0.5, 0.6) is 17.4 Å². The van der Waals surface area contributed by atoms with E-state index in [9.17, 15) is 4.79 Å². The van der Waals surface area contributed by atoms with Crippen LogP contribution in [0.4, 0.5) is 5.13 Å². The number of nitrogens with zero attached hydrogens (tertiary/aromatic N) is 2. The van der Waals surface area contributed by atoms with Gasteiger partial charge in [-0.25, -0.2) is 9.97 Å². The average molecular weight is 409 g/mol. The summed E-state index contributed by atoms with van der Waals surface area (Å²) in [6.07, 6.45) is 1.66. The van der Waals surface area contributed by atoms with Crippen molar-refractivity contribution in [2.24, 2.45) is 0 Å². The molecular weight excluding hydrogens is 394 g/mol. The molecule has 0 spiro atoms. The number of carbonyl (C=O) groups excluding carboxylic acids is 1. The first kappa shape index (κ1) is 18.1. The summed E-state index contributed by atoms with van der Waals surface area (Å²) in [4.78, 5) is 21.7. The Hall–Kier alpha value is -3.23. The van der Waals surface area contributed by atoms with Crippen molar-refractivity contribution in [3.05, 3.63) is 71.6 Å². The molecule has 6 nitrogen and oxygen atoms in total. The highest BCUT2D eigenvalue weighted by atomic mass is 32.1. The fourth-order valence-corrected chi connectivity index (χ4v) is 3.79. The SMILES string of the molecule is O=C(COc1ccc(Oc2ccccn2)cc1)Nc1nc(-c2cccs2)cs1. The Kier molecular flexibility index (Phi) is 5.60. The van der Waals surface area contributed by atoms with Gasteiger partial charge >= 0.3 is 0 Å². The van der Waals surface area contributed by atoms with E-state index in [1.807, 2.05) is 35.0 Å². The molecule has 0 fully saturated rings. The molecule has 0 saturated carbocycles. The molecule has 3 heterocycles. The van der Waals surface area contributed by atoms with Gasteiger partial charge in [-0.1, -0.05) is 12.1 Å². The number of thiophene rings is 1. The van der Waals surface area contributed by atoms with Gasteiger partial charge in [0.05, 0.1) is 10.6 Å². The number of hydrogen-bond donors (Lipinski definition) is 1. The predicted molar refractivity (Wildman–Crippen MR) is 110 cm³/mol. The summed E-state index contributed by atoms with van der Waals surface area (Å²) in [5, 5.41) is 7.22. The molecule has 140 valence electrons. The largest absolute Gasteiger partial charge is 0.484 e. The Labute approximate surface area is 169 Å². The minimum atomic E-state index is -0.263. The fraction of sp³-hybridized carbons (Fsp3) is 0.0500. The Balaban J connectivity index is 1.27. The number of hydrogen-bond acceptors (Lipinski definition) is 7. The van der Waals surface area contributed by atoms with Crippen molar-refractivity contribution >= 4 is 33.7 Å². The van der Waals surface area contributed by atoms with Crippen molar-refractivity contribution in [3.63, 3.8) is 0 Å². The molecule has 4 rings (SSSR count). The number of rotatable bonds is 7. The molecule has 1 amide bonds. The molecule has 0 atom stereocenters. The summed E-state index contributed by atoms with van der Waals surface area (Å²) >= 11 is 3.00. The zero-order valence-corrected chi connectivity index (χ0v) is 16.2. The number of ether oxygens (including phenoxy) is 2. The first-order chi connectivity index (χ1) is 13.8. The fourth-order valence-electron chi connectivity index (χ4n) is 2.30. The molecule has 0 aliphatic carbocycles. The first-order valence-electron chi connectivity index (χ1n) is 8.37. The monoisotopic (exact) mass is 409 g/mol. The van der Waals surface area contributed by atoms with E-state index in [2.05, 4.69) is 15.3 Å². The highest BCUT2D eigenvalue weighted by Gasteiger charge is 2.09. The smallest absolute Gasteiger partial charge is 0.264 e. The molecule has 4 aromatic rings. The van der Waals surface area contributed by atoms with Gasteiger partial charge in [-0.3, -0.25) is 10.1 Å². The molecule has 0 bridgehead atoms. The van der Waals surface area contributed by atoms with E-state index in [0.717, 1.165) is 10.6 Å². The van der Waals surface area contributed by atoms with E-state index in [1.165, 1.54) is 11.3 Å². The Morgan fingerprint density at radius 3 is 2.61 bits per heavy atom. The number of amides is 1. The van der Waals surface area contributed by atoms with Gasteiger partial charge in [-0.15, -0.1) is 22.7 Å². The summed E-state index contributed by atoms with van der Waals surface area (Å²) in [5.41, 5.74) is 0.861. The van der Waals surface area contributed by atoms with E-state index in [-0.39, 0.29) is 12.5 Å². The molecule has 0 aliphatic rings. The van der Waals surface area contributed by atoms with Crippen molar-refractivity contribution in [2.75, 3.05) is 11.9 Å². The number of benzene rings is 1. The third-order valence-corrected chi connectivity index (χ3v) is 5.23. The second-order valence-corrected chi connectivity index (χ2v) is 7.40. The van der Waals surface area contributed by atoms with E-state index in [0.29, 0.717) is 22.5 Å². The zero-order valence-electron chi connectivity index (χ0n) is 14.6. The van der Waals surface area contributed by atoms with Crippen LogP contribution in [0, 0.1) is 0 Å². The molecule has 1 N–H and O–H groups in total. The van der Waals surface area contributed by atoms with E-state index in [1.54, 1.807) is 47.9 Å². The maximum atomic E-state index is 12.1. The number of pyridine rings is 1. The zero-order chi connectivity index (χ0) is 19.2. The van der Waals surface area contributed by atoms with Gasteiger partial charge in [0.2, 0.25) is 5.88 Å². The maximum absolute atomic E-state index is 12.1. The van der Waals surface area contributed by atoms with E-state index < -0.39 is 0 Å². The summed E-state index contributed by atoms with van der Waals surface area (Å²) in [6.45, 7) is -0.103. The molecule has 8 heteroatoms. The normalized spacial score (nSPS) is 10.4. The van der Waals surface area contributed by atoms with Gasteiger partial charge < -0.3 is 9.47 Å². The molecule has 28 heavy (non-hydrogen) atoms. The average Bonchev–Trinajstić information content (AvgIpc) is 3.40. The molecule has 1 aromatic carbocycles. The van der Waals surface area contributed by atoms with Gasteiger partial charge in [0.15, 0.2) is 11.7 Å². The van der Waals surface area contributed by atoms with Crippen LogP contribution in [0.15, 0.2) is 71.6 Å². The van der Waals surface area contributed by atoms with E-state index >= 15 is 0 Å². The minimum absolute atomic E-state index is 0.103. The molecular formula is C20H15N3O3S2. The lowest BCUT2D eigenvalue weighted by Crippen LogP contribution is -2.20. The van der Waals surface area contributed by atoms with Crippen molar-refractivity contribution in [2.45, 2.75) is 0 Å². The third-order valence-electron chi connectivity index (χ3n) is 3.58. The lowest BCUT2D eigenvalue weighted by atomic mass is 10.3. The lowest BCUT2D eigenvalue weighted by molar-refractivity contribution is -0.118. The molecule has 0 radical (unpaired) electrons. The van der Waals surface area contributed by atoms with Crippen LogP contribution < -0.4 is 14.8 Å². The van der Waals surface area contributed by atoms with Gasteiger partial charge in [0, 0.05) is 17.6 Å². The summed E-state index contributed by atoms with van der Waals surface area (Å²) in [5.74, 6) is 1.46. The van der Waals surface area contributed by atoms with Crippen LogP contribution in [0.3, 0.4) is 0 Å². The number of aromatic nitrogens is 2. The standard InChI is InChI=1S/C20H15N3O3S2/c24-18(23-20-22-16(13-28-20)17-4-3-11-27-17)12-25-14-6-8-15(9-7-14)26-19-5-1-2-10-21-19/h1-11,13H,12H2,(H,22,23,24). The first-order valence-corrected chi connectivity index (χ1v) is 10.1. The van der Waals surface area contributed by atoms with Crippen molar-refractivity contribution in [1.82, 2.24) is 9.97 Å². The number of thiazole rings is 1. The summed E-state index contributed by atoms with van der Waals surface area (Å²) in [6, 6.07) is 16.4. The van der Waals surface area contributed by atoms with Crippen molar-refractivity contribution in [1.29, 1.82) is 0 Å². The molecule has 3 aromatic heterocycles. The maximum Gasteiger partial charge on any atom is 0.264 e. The molecule has 0 aliphatic heterocycles. The van der Waals surface area contributed by atoms with Crippen LogP contribution in [0.1, 0.15) is 0 Å². The summed E-state index contributed by atoms with van der Waals surface area (Å²) < 4.78 is 11.1. The van der Waals surface area contributed by atoms with Crippen molar-refractivity contribution < 1.29 is 14.3 Å². The molecule has 0 saturated heterocycles. The second kappa shape index (κ2) is 8.64. The predicted octanol–water partition coefficient (Wildman–Crippen LogP) is 5.08. The number of anilines is 1.